The summed E-state index contributed by atoms with van der Waals surface area (Å²) in [6.07, 6.45) is 0.270. The van der Waals surface area contributed by atoms with Gasteiger partial charge in [0, 0.05) is 35.8 Å². The Morgan fingerprint density at radius 3 is 2.70 bits per heavy atom. The first-order chi connectivity index (χ1) is 14.5. The predicted octanol–water partition coefficient (Wildman–Crippen LogP) is 3.16. The first-order valence-corrected chi connectivity index (χ1v) is 10.6. The number of halogens is 1. The molecule has 2 aliphatic rings. The minimum Gasteiger partial charge on any atom is -0.491 e. The van der Waals surface area contributed by atoms with E-state index in [2.05, 4.69) is 0 Å². The number of benzene rings is 2. The van der Waals surface area contributed by atoms with Crippen LogP contribution >= 0.6 is 11.6 Å². The molecule has 7 heteroatoms. The molecule has 1 fully saturated rings. The summed E-state index contributed by atoms with van der Waals surface area (Å²) in [5, 5.41) is 0.615. The number of morpholine rings is 1. The average molecular weight is 429 g/mol. The van der Waals surface area contributed by atoms with Crippen LogP contribution in [0, 0.1) is 0 Å². The highest BCUT2D eigenvalue weighted by Gasteiger charge is 2.27. The van der Waals surface area contributed by atoms with Gasteiger partial charge in [0.15, 0.2) is 0 Å². The lowest BCUT2D eigenvalue weighted by Crippen LogP contribution is -2.41. The molecule has 1 saturated heterocycles. The summed E-state index contributed by atoms with van der Waals surface area (Å²) < 4.78 is 11.3. The number of amides is 2. The fourth-order valence-electron chi connectivity index (χ4n) is 3.82. The monoisotopic (exact) mass is 428 g/mol. The van der Waals surface area contributed by atoms with Crippen molar-refractivity contribution in [3.63, 3.8) is 0 Å². The molecule has 0 unspecified atom stereocenters. The molecule has 0 radical (unpaired) electrons. The van der Waals surface area contributed by atoms with Gasteiger partial charge in [0.05, 0.1) is 25.7 Å². The Balaban J connectivity index is 1.53. The van der Waals surface area contributed by atoms with Crippen molar-refractivity contribution >= 4 is 23.4 Å². The van der Waals surface area contributed by atoms with E-state index in [0.717, 1.165) is 16.9 Å². The van der Waals surface area contributed by atoms with Gasteiger partial charge in [0.1, 0.15) is 12.4 Å². The Hall–Kier alpha value is -2.57. The van der Waals surface area contributed by atoms with Crippen LogP contribution in [0.15, 0.2) is 42.5 Å². The lowest BCUT2D eigenvalue weighted by atomic mass is 10.1. The maximum absolute atomic E-state index is 13.1. The summed E-state index contributed by atoms with van der Waals surface area (Å²) in [6.45, 7) is 5.08. The van der Waals surface area contributed by atoms with Crippen LogP contribution in [0.4, 0.5) is 0 Å². The third-order valence-corrected chi connectivity index (χ3v) is 5.76. The molecule has 30 heavy (non-hydrogen) atoms. The van der Waals surface area contributed by atoms with Gasteiger partial charge in [-0.15, -0.1) is 0 Å². The number of hydrogen-bond donors (Lipinski definition) is 0. The van der Waals surface area contributed by atoms with Gasteiger partial charge in [-0.3, -0.25) is 9.59 Å². The lowest BCUT2D eigenvalue weighted by Gasteiger charge is -2.27. The van der Waals surface area contributed by atoms with Gasteiger partial charge < -0.3 is 19.3 Å². The molecular weight excluding hydrogens is 404 g/mol. The van der Waals surface area contributed by atoms with Crippen LogP contribution in [0.3, 0.4) is 0 Å². The van der Waals surface area contributed by atoms with Crippen molar-refractivity contribution in [2.24, 2.45) is 0 Å². The molecule has 0 aliphatic carbocycles. The number of nitrogens with zero attached hydrogens (tertiary/aromatic N) is 2. The first kappa shape index (κ1) is 20.7. The largest absolute Gasteiger partial charge is 0.491 e. The number of ether oxygens (including phenoxy) is 2. The molecule has 0 bridgehead atoms. The summed E-state index contributed by atoms with van der Waals surface area (Å²) in [7, 11) is 0. The molecule has 0 aromatic heterocycles. The maximum Gasteiger partial charge on any atom is 0.254 e. The summed E-state index contributed by atoms with van der Waals surface area (Å²) in [6, 6.07) is 12.7. The van der Waals surface area contributed by atoms with E-state index in [1.54, 1.807) is 17.0 Å². The number of fused-ring (bicyclic) bond motifs is 1. The number of carbonyl (C=O) groups excluding carboxylic acids is 2. The minimum atomic E-state index is -0.0810. The van der Waals surface area contributed by atoms with E-state index in [0.29, 0.717) is 50.0 Å². The van der Waals surface area contributed by atoms with Gasteiger partial charge in [0.25, 0.3) is 5.91 Å². The second-order valence-electron chi connectivity index (χ2n) is 7.72. The van der Waals surface area contributed by atoms with E-state index in [1.165, 1.54) is 0 Å². The summed E-state index contributed by atoms with van der Waals surface area (Å²) in [4.78, 5) is 29.5. The van der Waals surface area contributed by atoms with E-state index < -0.39 is 0 Å². The van der Waals surface area contributed by atoms with Crippen LogP contribution in [0.25, 0.3) is 0 Å². The van der Waals surface area contributed by atoms with Crippen molar-refractivity contribution in [3.8, 4) is 5.75 Å². The topological polar surface area (TPSA) is 59.1 Å². The van der Waals surface area contributed by atoms with Gasteiger partial charge in [-0.1, -0.05) is 23.7 Å². The third kappa shape index (κ3) is 4.60. The summed E-state index contributed by atoms with van der Waals surface area (Å²) in [5.74, 6) is 0.708. The van der Waals surface area contributed by atoms with E-state index >= 15 is 0 Å². The highest BCUT2D eigenvalue weighted by Crippen LogP contribution is 2.27. The smallest absolute Gasteiger partial charge is 0.254 e. The zero-order chi connectivity index (χ0) is 21.1. The maximum atomic E-state index is 13.1. The van der Waals surface area contributed by atoms with Crippen molar-refractivity contribution in [1.29, 1.82) is 0 Å². The molecule has 6 nitrogen and oxygen atoms in total. The van der Waals surface area contributed by atoms with Crippen LogP contribution < -0.4 is 4.74 Å². The first-order valence-electron chi connectivity index (χ1n) is 10.2. The molecule has 158 valence electrons. The molecule has 2 amide bonds. The van der Waals surface area contributed by atoms with E-state index in [9.17, 15) is 9.59 Å². The highest BCUT2D eigenvalue weighted by molar-refractivity contribution is 6.30. The SMILES string of the molecule is C[C@H]1COc2ccc(C(=O)N3CCOCC3)cc2CN1C(=O)Cc1cccc(Cl)c1. The van der Waals surface area contributed by atoms with Crippen LogP contribution in [0.5, 0.6) is 5.75 Å². The van der Waals surface area contributed by atoms with Crippen LogP contribution in [0.2, 0.25) is 5.02 Å². The van der Waals surface area contributed by atoms with Gasteiger partial charge >= 0.3 is 0 Å². The summed E-state index contributed by atoms with van der Waals surface area (Å²) >= 11 is 6.06. The third-order valence-electron chi connectivity index (χ3n) is 5.52. The molecule has 0 N–H and O–H groups in total. The Kier molecular flexibility index (Phi) is 6.25. The Morgan fingerprint density at radius 1 is 1.13 bits per heavy atom. The minimum absolute atomic E-state index is 0.00567. The van der Waals surface area contributed by atoms with E-state index in [4.69, 9.17) is 21.1 Å². The standard InChI is InChI=1S/C23H25ClN2O4/c1-16-15-30-21-6-5-18(23(28)25-7-9-29-10-8-25)13-19(21)14-26(16)22(27)12-17-3-2-4-20(24)11-17/h2-6,11,13,16H,7-10,12,14-15H2,1H3/t16-/m0/s1. The fourth-order valence-corrected chi connectivity index (χ4v) is 4.04. The molecule has 2 aromatic carbocycles. The second-order valence-corrected chi connectivity index (χ2v) is 8.15. The molecule has 2 heterocycles. The molecule has 1 atom stereocenters. The number of hydrogen-bond acceptors (Lipinski definition) is 4. The molecule has 4 rings (SSSR count). The van der Waals surface area contributed by atoms with Gasteiger partial charge in [0.2, 0.25) is 5.91 Å². The normalized spacial score (nSPS) is 18.9. The number of carbonyl (C=O) groups is 2. The van der Waals surface area contributed by atoms with Crippen molar-refractivity contribution < 1.29 is 19.1 Å². The molecule has 0 spiro atoms. The zero-order valence-electron chi connectivity index (χ0n) is 17.0. The predicted molar refractivity (Wildman–Crippen MR) is 114 cm³/mol. The van der Waals surface area contributed by atoms with Gasteiger partial charge in [-0.2, -0.15) is 0 Å². The summed E-state index contributed by atoms with van der Waals surface area (Å²) in [5.41, 5.74) is 2.33. The second kappa shape index (κ2) is 9.06. The zero-order valence-corrected chi connectivity index (χ0v) is 17.7. The van der Waals surface area contributed by atoms with E-state index in [-0.39, 0.29) is 24.3 Å². The molecular formula is C23H25ClN2O4. The fraction of sp³-hybridized carbons (Fsp3) is 0.391. The molecule has 2 aromatic rings. The van der Waals surface area contributed by atoms with Crippen molar-refractivity contribution in [3.05, 3.63) is 64.2 Å². The van der Waals surface area contributed by atoms with Crippen molar-refractivity contribution in [1.82, 2.24) is 9.80 Å². The molecule has 2 aliphatic heterocycles. The molecule has 0 saturated carbocycles. The van der Waals surface area contributed by atoms with Gasteiger partial charge in [-0.05, 0) is 42.8 Å². The van der Waals surface area contributed by atoms with Crippen LogP contribution in [-0.4, -0.2) is 60.6 Å². The average Bonchev–Trinajstić information content (AvgIpc) is 2.92. The van der Waals surface area contributed by atoms with Crippen molar-refractivity contribution in [2.75, 3.05) is 32.9 Å². The van der Waals surface area contributed by atoms with Crippen molar-refractivity contribution in [2.45, 2.75) is 25.9 Å². The van der Waals surface area contributed by atoms with Crippen LogP contribution in [0.1, 0.15) is 28.4 Å². The lowest BCUT2D eigenvalue weighted by molar-refractivity contribution is -0.133. The Bertz CT molecular complexity index is 943. The Labute approximate surface area is 181 Å². The Morgan fingerprint density at radius 2 is 1.93 bits per heavy atom. The highest BCUT2D eigenvalue weighted by atomic mass is 35.5. The number of rotatable bonds is 3. The van der Waals surface area contributed by atoms with Gasteiger partial charge in [-0.25, -0.2) is 0 Å². The quantitative estimate of drug-likeness (QED) is 0.753. The van der Waals surface area contributed by atoms with E-state index in [1.807, 2.05) is 42.2 Å². The van der Waals surface area contributed by atoms with Crippen LogP contribution in [-0.2, 0) is 22.5 Å².